The number of hydrogen-bond donors (Lipinski definition) is 2. The summed E-state index contributed by atoms with van der Waals surface area (Å²) in [6, 6.07) is 0. The fourth-order valence-electron chi connectivity index (χ4n) is 1.39. The second-order valence-corrected chi connectivity index (χ2v) is 4.42. The van der Waals surface area contributed by atoms with E-state index in [1.807, 2.05) is 0 Å². The fraction of sp³-hybridized carbons (Fsp3) is 0.800. The van der Waals surface area contributed by atoms with Gasteiger partial charge in [-0.2, -0.15) is 0 Å². The van der Waals surface area contributed by atoms with E-state index in [4.69, 9.17) is 4.74 Å². The second-order valence-electron chi connectivity index (χ2n) is 4.42. The molecule has 3 heteroatoms. The van der Waals surface area contributed by atoms with Crippen LogP contribution >= 0.6 is 0 Å². The molecule has 0 aromatic heterocycles. The molecule has 13 heavy (non-hydrogen) atoms. The van der Waals surface area contributed by atoms with Crippen LogP contribution in [0.1, 0.15) is 20.8 Å². The molecule has 1 rings (SSSR count). The molecular formula is C10H20N2O. The van der Waals surface area contributed by atoms with Gasteiger partial charge < -0.3 is 15.4 Å². The average molecular weight is 184 g/mol. The molecule has 1 fully saturated rings. The van der Waals surface area contributed by atoms with Gasteiger partial charge in [0.1, 0.15) is 6.61 Å². The maximum absolute atomic E-state index is 5.28. The van der Waals surface area contributed by atoms with Crippen molar-refractivity contribution in [3.05, 3.63) is 12.5 Å². The predicted octanol–water partition coefficient (Wildman–Crippen LogP) is 1.08. The largest absolute Gasteiger partial charge is 0.477 e. The molecule has 1 saturated heterocycles. The van der Waals surface area contributed by atoms with Crippen LogP contribution in [-0.2, 0) is 4.74 Å². The zero-order chi connectivity index (χ0) is 9.90. The molecule has 0 spiro atoms. The molecule has 0 aromatic carbocycles. The van der Waals surface area contributed by atoms with E-state index >= 15 is 0 Å². The summed E-state index contributed by atoms with van der Waals surface area (Å²) in [4.78, 5) is 0. The molecular weight excluding hydrogens is 164 g/mol. The lowest BCUT2D eigenvalue weighted by Gasteiger charge is -2.22. The summed E-state index contributed by atoms with van der Waals surface area (Å²) in [7, 11) is 0. The summed E-state index contributed by atoms with van der Waals surface area (Å²) < 4.78 is 5.28. The smallest absolute Gasteiger partial charge is 0.179 e. The van der Waals surface area contributed by atoms with E-state index in [1.165, 1.54) is 0 Å². The van der Waals surface area contributed by atoms with Gasteiger partial charge in [0.25, 0.3) is 0 Å². The molecule has 2 N–H and O–H groups in total. The maximum Gasteiger partial charge on any atom is 0.179 e. The Kier molecular flexibility index (Phi) is 3.20. The first-order chi connectivity index (χ1) is 6.02. The van der Waals surface area contributed by atoms with Crippen molar-refractivity contribution in [2.45, 2.75) is 26.3 Å². The Bertz CT molecular complexity index is 191. The molecule has 1 heterocycles. The molecule has 0 radical (unpaired) electrons. The van der Waals surface area contributed by atoms with Crippen LogP contribution < -0.4 is 10.6 Å². The van der Waals surface area contributed by atoms with Crippen LogP contribution in [0.25, 0.3) is 0 Å². The van der Waals surface area contributed by atoms with Gasteiger partial charge in [-0.05, 0) is 26.0 Å². The maximum atomic E-state index is 5.28. The molecule has 0 aromatic rings. The third-order valence-electron chi connectivity index (χ3n) is 2.07. The highest BCUT2D eigenvalue weighted by Crippen LogP contribution is 2.14. The highest BCUT2D eigenvalue weighted by atomic mass is 16.5. The lowest BCUT2D eigenvalue weighted by atomic mass is 10.1. The standard InChI is InChI=1S/C10H20N2O/c1-8(2)5-11-6-10(4)7-13-9(3)12-10/h8,11-12H,3,5-7H2,1-2,4H3. The van der Waals surface area contributed by atoms with E-state index in [-0.39, 0.29) is 5.54 Å². The van der Waals surface area contributed by atoms with Crippen LogP contribution in [0.4, 0.5) is 0 Å². The number of rotatable bonds is 4. The van der Waals surface area contributed by atoms with E-state index in [0.29, 0.717) is 18.4 Å². The third kappa shape index (κ3) is 3.27. The van der Waals surface area contributed by atoms with Crippen LogP contribution in [-0.4, -0.2) is 25.2 Å². The minimum atomic E-state index is 0.0198. The summed E-state index contributed by atoms with van der Waals surface area (Å²) >= 11 is 0. The van der Waals surface area contributed by atoms with Crippen molar-refractivity contribution in [1.82, 2.24) is 10.6 Å². The van der Waals surface area contributed by atoms with Crippen LogP contribution in [0, 0.1) is 5.92 Å². The zero-order valence-electron chi connectivity index (χ0n) is 8.81. The van der Waals surface area contributed by atoms with Crippen LogP contribution in [0.15, 0.2) is 12.5 Å². The van der Waals surface area contributed by atoms with Gasteiger partial charge in [0.2, 0.25) is 0 Å². The molecule has 1 atom stereocenters. The van der Waals surface area contributed by atoms with Crippen molar-refractivity contribution in [3.63, 3.8) is 0 Å². The van der Waals surface area contributed by atoms with Crippen LogP contribution in [0.2, 0.25) is 0 Å². The molecule has 0 saturated carbocycles. The zero-order valence-corrected chi connectivity index (χ0v) is 8.81. The minimum Gasteiger partial charge on any atom is -0.477 e. The van der Waals surface area contributed by atoms with Gasteiger partial charge >= 0.3 is 0 Å². The van der Waals surface area contributed by atoms with Gasteiger partial charge in [0.15, 0.2) is 5.88 Å². The normalized spacial score (nSPS) is 27.5. The Balaban J connectivity index is 2.24. The van der Waals surface area contributed by atoms with Crippen molar-refractivity contribution in [1.29, 1.82) is 0 Å². The van der Waals surface area contributed by atoms with Crippen molar-refractivity contribution in [3.8, 4) is 0 Å². The quantitative estimate of drug-likeness (QED) is 0.686. The SMILES string of the molecule is C=C1NC(C)(CNCC(C)C)CO1. The second kappa shape index (κ2) is 4.01. The molecule has 1 unspecified atom stereocenters. The van der Waals surface area contributed by atoms with Gasteiger partial charge in [0, 0.05) is 6.54 Å². The monoisotopic (exact) mass is 184 g/mol. The molecule has 0 amide bonds. The summed E-state index contributed by atoms with van der Waals surface area (Å²) in [6.45, 7) is 12.9. The Morgan fingerprint density at radius 1 is 1.69 bits per heavy atom. The van der Waals surface area contributed by atoms with Crippen molar-refractivity contribution < 1.29 is 4.74 Å². The Hall–Kier alpha value is -0.700. The van der Waals surface area contributed by atoms with E-state index < -0.39 is 0 Å². The Morgan fingerprint density at radius 3 is 2.85 bits per heavy atom. The van der Waals surface area contributed by atoms with E-state index in [9.17, 15) is 0 Å². The van der Waals surface area contributed by atoms with Gasteiger partial charge in [-0.15, -0.1) is 0 Å². The van der Waals surface area contributed by atoms with E-state index in [1.54, 1.807) is 0 Å². The first-order valence-electron chi connectivity index (χ1n) is 4.82. The van der Waals surface area contributed by atoms with Crippen LogP contribution in [0.3, 0.4) is 0 Å². The molecule has 1 aliphatic rings. The molecule has 1 aliphatic heterocycles. The number of hydrogen-bond acceptors (Lipinski definition) is 3. The number of ether oxygens (including phenoxy) is 1. The fourth-order valence-corrected chi connectivity index (χ4v) is 1.39. The van der Waals surface area contributed by atoms with Crippen LogP contribution in [0.5, 0.6) is 0 Å². The van der Waals surface area contributed by atoms with Gasteiger partial charge in [-0.3, -0.25) is 0 Å². The Morgan fingerprint density at radius 2 is 2.38 bits per heavy atom. The van der Waals surface area contributed by atoms with Gasteiger partial charge in [-0.1, -0.05) is 13.8 Å². The summed E-state index contributed by atoms with van der Waals surface area (Å²) in [6.07, 6.45) is 0. The summed E-state index contributed by atoms with van der Waals surface area (Å²) in [5.41, 5.74) is 0.0198. The van der Waals surface area contributed by atoms with E-state index in [2.05, 4.69) is 38.0 Å². The lowest BCUT2D eigenvalue weighted by Crippen LogP contribution is -2.48. The summed E-state index contributed by atoms with van der Waals surface area (Å²) in [5, 5.41) is 6.63. The molecule has 0 bridgehead atoms. The first kappa shape index (κ1) is 10.4. The van der Waals surface area contributed by atoms with E-state index in [0.717, 1.165) is 13.1 Å². The van der Waals surface area contributed by atoms with Gasteiger partial charge in [-0.25, -0.2) is 0 Å². The average Bonchev–Trinajstić information content (AvgIpc) is 2.30. The highest BCUT2D eigenvalue weighted by molar-refractivity contribution is 5.01. The predicted molar refractivity (Wildman–Crippen MR) is 54.3 cm³/mol. The Labute approximate surface area is 80.5 Å². The van der Waals surface area contributed by atoms with Gasteiger partial charge in [0.05, 0.1) is 5.54 Å². The summed E-state index contributed by atoms with van der Waals surface area (Å²) in [5.74, 6) is 1.38. The highest BCUT2D eigenvalue weighted by Gasteiger charge is 2.31. The molecule has 3 nitrogen and oxygen atoms in total. The molecule has 76 valence electrons. The molecule has 0 aliphatic carbocycles. The minimum absolute atomic E-state index is 0.0198. The number of nitrogens with one attached hydrogen (secondary N) is 2. The topological polar surface area (TPSA) is 33.3 Å². The van der Waals surface area contributed by atoms with Crippen molar-refractivity contribution in [2.75, 3.05) is 19.7 Å². The van der Waals surface area contributed by atoms with Crippen molar-refractivity contribution in [2.24, 2.45) is 5.92 Å². The lowest BCUT2D eigenvalue weighted by molar-refractivity contribution is 0.228. The van der Waals surface area contributed by atoms with Crippen molar-refractivity contribution >= 4 is 0 Å². The first-order valence-corrected chi connectivity index (χ1v) is 4.82. The third-order valence-corrected chi connectivity index (χ3v) is 2.07.